The van der Waals surface area contributed by atoms with Gasteiger partial charge in [0.15, 0.2) is 0 Å². The number of halogens is 1. The number of benzene rings is 1. The number of carbonyl (C=O) groups excluding carboxylic acids is 2. The molecule has 0 radical (unpaired) electrons. The molecule has 1 aromatic rings. The second kappa shape index (κ2) is 11.3. The lowest BCUT2D eigenvalue weighted by molar-refractivity contribution is -0.139. The second-order valence-corrected chi connectivity index (χ2v) is 9.22. The number of amides is 4. The van der Waals surface area contributed by atoms with Gasteiger partial charge in [0.2, 0.25) is 0 Å². The van der Waals surface area contributed by atoms with Gasteiger partial charge >= 0.3 is 18.0 Å². The van der Waals surface area contributed by atoms with Crippen molar-refractivity contribution in [1.29, 1.82) is 0 Å². The molecule has 3 aliphatic rings. The monoisotopic (exact) mass is 500 g/mol. The van der Waals surface area contributed by atoms with E-state index in [1.165, 1.54) is 0 Å². The predicted octanol–water partition coefficient (Wildman–Crippen LogP) is 3.08. The Labute approximate surface area is 208 Å². The van der Waals surface area contributed by atoms with E-state index in [4.69, 9.17) is 11.6 Å². The number of carboxylic acid groups (broad SMARTS) is 1. The Bertz CT molecular complexity index is 1060. The number of fused-ring (bicyclic) bond motifs is 1. The van der Waals surface area contributed by atoms with Crippen molar-refractivity contribution in [3.63, 3.8) is 0 Å². The molecule has 4 amide bonds. The molecule has 3 aliphatic heterocycles. The first-order chi connectivity index (χ1) is 16.9. The summed E-state index contributed by atoms with van der Waals surface area (Å²) in [6.45, 7) is 1.75. The number of likely N-dealkylation sites (tertiary alicyclic amines) is 1. The minimum absolute atomic E-state index is 0.00856. The number of hydrogen-bond donors (Lipinski definition) is 4. The Balaban J connectivity index is 1.33. The van der Waals surface area contributed by atoms with Gasteiger partial charge in [-0.1, -0.05) is 35.9 Å². The van der Waals surface area contributed by atoms with Gasteiger partial charge in [0.05, 0.1) is 6.54 Å². The lowest BCUT2D eigenvalue weighted by Crippen LogP contribution is -2.54. The number of rotatable bonds is 5. The zero-order chi connectivity index (χ0) is 24.8. The fraction of sp³-hybridized carbons (Fsp3) is 0.417. The molecule has 1 atom stereocenters. The third kappa shape index (κ3) is 6.33. The largest absolute Gasteiger partial charge is 0.480 e. The summed E-state index contributed by atoms with van der Waals surface area (Å²) in [5.74, 6) is -1.12. The highest BCUT2D eigenvalue weighted by atomic mass is 35.5. The lowest BCUT2D eigenvalue weighted by Gasteiger charge is -2.40. The van der Waals surface area contributed by atoms with Gasteiger partial charge < -0.3 is 31.0 Å². The quantitative estimate of drug-likeness (QED) is 0.494. The molecule has 1 aromatic carbocycles. The Morgan fingerprint density at radius 3 is 2.80 bits per heavy atom. The predicted molar refractivity (Wildman–Crippen MR) is 133 cm³/mol. The van der Waals surface area contributed by atoms with Gasteiger partial charge in [-0.25, -0.2) is 14.4 Å². The van der Waals surface area contributed by atoms with Crippen molar-refractivity contribution in [2.75, 3.05) is 25.0 Å². The Kier molecular flexibility index (Phi) is 7.91. The van der Waals surface area contributed by atoms with Gasteiger partial charge in [0, 0.05) is 55.5 Å². The molecule has 1 fully saturated rings. The van der Waals surface area contributed by atoms with E-state index < -0.39 is 18.0 Å². The van der Waals surface area contributed by atoms with E-state index in [9.17, 15) is 19.5 Å². The number of para-hydroxylation sites is 1. The maximum absolute atomic E-state index is 12.9. The molecule has 1 saturated heterocycles. The molecular weight excluding hydrogens is 472 g/mol. The minimum atomic E-state index is -1.12. The SMILES string of the molecule is O=C(O)C(CC1=CC/C=N\NCC(Cl)=C1)NC(=O)N1CCC(N2Cc3ccccc3NC2=O)CC1. The smallest absolute Gasteiger partial charge is 0.326 e. The maximum Gasteiger partial charge on any atom is 0.326 e. The lowest BCUT2D eigenvalue weighted by atomic mass is 10.0. The van der Waals surface area contributed by atoms with Crippen LogP contribution in [0, 0.1) is 0 Å². The summed E-state index contributed by atoms with van der Waals surface area (Å²) in [6.07, 6.45) is 7.09. The molecule has 0 aliphatic carbocycles. The standard InChI is InChI=1S/C24H29ClN6O4/c25-18-12-16(4-3-9-26-27-14-18)13-21(22(32)33)29-23(34)30-10-7-19(8-11-30)31-15-17-5-1-2-6-20(17)28-24(31)35/h1-2,4-6,9,12,19,21,27H,3,7-8,10-11,13-15H2,(H,28,35)(H,29,34)(H,32,33)/b16-4?,18-12?,26-9-. The van der Waals surface area contributed by atoms with Gasteiger partial charge in [-0.15, -0.1) is 0 Å². The van der Waals surface area contributed by atoms with E-state index in [1.807, 2.05) is 35.2 Å². The first-order valence-corrected chi connectivity index (χ1v) is 12.0. The summed E-state index contributed by atoms with van der Waals surface area (Å²) in [4.78, 5) is 40.8. The number of carbonyl (C=O) groups is 3. The number of urea groups is 2. The van der Waals surface area contributed by atoms with E-state index in [0.717, 1.165) is 11.3 Å². The summed E-state index contributed by atoms with van der Waals surface area (Å²) in [6, 6.07) is 6.08. The van der Waals surface area contributed by atoms with Crippen molar-refractivity contribution in [1.82, 2.24) is 20.5 Å². The van der Waals surface area contributed by atoms with Crippen LogP contribution in [-0.4, -0.2) is 70.9 Å². The third-order valence-corrected chi connectivity index (χ3v) is 6.59. The molecule has 4 rings (SSSR count). The van der Waals surface area contributed by atoms with Gasteiger partial charge in [-0.05, 0) is 36.1 Å². The van der Waals surface area contributed by atoms with E-state index in [-0.39, 0.29) is 18.5 Å². The van der Waals surface area contributed by atoms with Crippen LogP contribution in [0.2, 0.25) is 0 Å². The van der Waals surface area contributed by atoms with E-state index >= 15 is 0 Å². The number of allylic oxidation sites excluding steroid dienone is 2. The van der Waals surface area contributed by atoms with Gasteiger partial charge in [0.25, 0.3) is 0 Å². The first kappa shape index (κ1) is 24.6. The van der Waals surface area contributed by atoms with Crippen molar-refractivity contribution in [3.8, 4) is 0 Å². The van der Waals surface area contributed by atoms with Crippen LogP contribution in [0.1, 0.15) is 31.2 Å². The zero-order valence-electron chi connectivity index (χ0n) is 19.2. The molecule has 0 bridgehead atoms. The molecule has 10 nitrogen and oxygen atoms in total. The maximum atomic E-state index is 12.9. The van der Waals surface area contributed by atoms with Crippen molar-refractivity contribution >= 4 is 41.5 Å². The molecule has 186 valence electrons. The van der Waals surface area contributed by atoms with Crippen molar-refractivity contribution in [2.24, 2.45) is 5.10 Å². The average Bonchev–Trinajstić information content (AvgIpc) is 2.94. The molecule has 0 aromatic heterocycles. The van der Waals surface area contributed by atoms with Crippen LogP contribution in [0.4, 0.5) is 15.3 Å². The summed E-state index contributed by atoms with van der Waals surface area (Å²) < 4.78 is 0. The Morgan fingerprint density at radius 1 is 1.26 bits per heavy atom. The van der Waals surface area contributed by atoms with Crippen LogP contribution in [0.5, 0.6) is 0 Å². The topological polar surface area (TPSA) is 126 Å². The number of aliphatic carboxylic acids is 1. The van der Waals surface area contributed by atoms with Crippen LogP contribution in [0.25, 0.3) is 0 Å². The zero-order valence-corrected chi connectivity index (χ0v) is 20.0. The molecule has 0 saturated carbocycles. The summed E-state index contributed by atoms with van der Waals surface area (Å²) in [5, 5.41) is 19.8. The number of nitrogens with one attached hydrogen (secondary N) is 3. The van der Waals surface area contributed by atoms with Gasteiger partial charge in [-0.2, -0.15) is 5.10 Å². The fourth-order valence-electron chi connectivity index (χ4n) is 4.47. The molecule has 35 heavy (non-hydrogen) atoms. The highest BCUT2D eigenvalue weighted by Gasteiger charge is 2.33. The average molecular weight is 501 g/mol. The Hall–Kier alpha value is -3.53. The van der Waals surface area contributed by atoms with Crippen LogP contribution in [-0.2, 0) is 11.3 Å². The molecular formula is C24H29ClN6O4. The number of nitrogens with zero attached hydrogens (tertiary/aromatic N) is 3. The van der Waals surface area contributed by atoms with Crippen LogP contribution >= 0.6 is 11.6 Å². The van der Waals surface area contributed by atoms with Crippen LogP contribution in [0.3, 0.4) is 0 Å². The molecule has 3 heterocycles. The van der Waals surface area contributed by atoms with Crippen molar-refractivity contribution < 1.29 is 19.5 Å². The van der Waals surface area contributed by atoms with Crippen LogP contribution in [0.15, 0.2) is 52.1 Å². The highest BCUT2D eigenvalue weighted by Crippen LogP contribution is 2.27. The summed E-state index contributed by atoms with van der Waals surface area (Å²) in [7, 11) is 0. The number of hydrazone groups is 1. The molecule has 1 unspecified atom stereocenters. The third-order valence-electron chi connectivity index (χ3n) is 6.35. The number of hydrogen-bond acceptors (Lipinski definition) is 5. The number of piperidine rings is 1. The second-order valence-electron chi connectivity index (χ2n) is 8.73. The normalized spacial score (nSPS) is 20.5. The van der Waals surface area contributed by atoms with E-state index in [1.54, 1.807) is 17.2 Å². The molecule has 0 spiro atoms. The molecule has 11 heteroatoms. The van der Waals surface area contributed by atoms with E-state index in [2.05, 4.69) is 21.2 Å². The highest BCUT2D eigenvalue weighted by molar-refractivity contribution is 6.30. The van der Waals surface area contributed by atoms with Gasteiger partial charge in [0.1, 0.15) is 6.04 Å². The van der Waals surface area contributed by atoms with Gasteiger partial charge in [-0.3, -0.25) is 0 Å². The summed E-state index contributed by atoms with van der Waals surface area (Å²) >= 11 is 6.18. The minimum Gasteiger partial charge on any atom is -0.480 e. The van der Waals surface area contributed by atoms with Crippen molar-refractivity contribution in [3.05, 3.63) is 52.6 Å². The summed E-state index contributed by atoms with van der Waals surface area (Å²) in [5.41, 5.74) is 5.41. The fourth-order valence-corrected chi connectivity index (χ4v) is 4.67. The van der Waals surface area contributed by atoms with Crippen molar-refractivity contribution in [2.45, 2.75) is 44.3 Å². The Morgan fingerprint density at radius 2 is 2.03 bits per heavy atom. The van der Waals surface area contributed by atoms with Crippen LogP contribution < -0.4 is 16.1 Å². The molecule has 4 N–H and O–H groups in total. The first-order valence-electron chi connectivity index (χ1n) is 11.6. The number of carboxylic acids is 1. The van der Waals surface area contributed by atoms with E-state index in [0.29, 0.717) is 56.0 Å². The number of anilines is 1.